The van der Waals surface area contributed by atoms with Crippen LogP contribution in [-0.4, -0.2) is 37.1 Å². The summed E-state index contributed by atoms with van der Waals surface area (Å²) < 4.78 is 38.9. The number of nitrogens with zero attached hydrogens (tertiary/aromatic N) is 1. The molecule has 4 rings (SSSR count). The van der Waals surface area contributed by atoms with Crippen molar-refractivity contribution in [3.63, 3.8) is 0 Å². The number of primary amides is 1. The van der Waals surface area contributed by atoms with Gasteiger partial charge in [-0.2, -0.15) is 0 Å². The largest absolute Gasteiger partial charge is 0.501 e. The molecular weight excluding hydrogens is 504 g/mol. The molecule has 2 atom stereocenters. The Bertz CT molecular complexity index is 1420. The third-order valence-electron chi connectivity index (χ3n) is 6.52. The van der Waals surface area contributed by atoms with Gasteiger partial charge in [0.1, 0.15) is 11.6 Å². The van der Waals surface area contributed by atoms with Crippen molar-refractivity contribution in [2.45, 2.75) is 31.4 Å². The Balaban J connectivity index is 1.69. The molecule has 1 aliphatic carbocycles. The number of pyridine rings is 1. The van der Waals surface area contributed by atoms with Gasteiger partial charge in [0.25, 0.3) is 0 Å². The van der Waals surface area contributed by atoms with Crippen LogP contribution in [0.5, 0.6) is 0 Å². The number of amides is 2. The fourth-order valence-corrected chi connectivity index (χ4v) is 4.64. The predicted octanol–water partition coefficient (Wildman–Crippen LogP) is 4.79. The SMILES string of the molecule is COC1=CC=C(CC(=O)NC(Cc2cc(F)cc(F)c2)c2ncccc2-c2cccc(C(N)=O)c2)C(OC)C1. The summed E-state index contributed by atoms with van der Waals surface area (Å²) in [7, 11) is 3.14. The molecule has 0 aliphatic heterocycles. The van der Waals surface area contributed by atoms with E-state index in [0.717, 1.165) is 17.4 Å². The minimum atomic E-state index is -0.748. The highest BCUT2D eigenvalue weighted by molar-refractivity contribution is 5.94. The summed E-state index contributed by atoms with van der Waals surface area (Å²) in [4.78, 5) is 29.7. The molecule has 3 aromatic rings. The van der Waals surface area contributed by atoms with Gasteiger partial charge in [0.15, 0.2) is 0 Å². The number of halogens is 2. The first-order valence-electron chi connectivity index (χ1n) is 12.3. The molecule has 0 saturated carbocycles. The van der Waals surface area contributed by atoms with E-state index in [4.69, 9.17) is 15.2 Å². The number of hydrogen-bond donors (Lipinski definition) is 2. The first-order valence-corrected chi connectivity index (χ1v) is 12.3. The van der Waals surface area contributed by atoms with Gasteiger partial charge in [-0.15, -0.1) is 0 Å². The molecule has 39 heavy (non-hydrogen) atoms. The number of benzene rings is 2. The van der Waals surface area contributed by atoms with Crippen molar-refractivity contribution in [3.8, 4) is 11.1 Å². The Morgan fingerprint density at radius 3 is 2.54 bits per heavy atom. The molecule has 1 aliphatic rings. The predicted molar refractivity (Wildman–Crippen MR) is 142 cm³/mol. The second-order valence-electron chi connectivity index (χ2n) is 9.17. The van der Waals surface area contributed by atoms with Crippen molar-refractivity contribution in [2.75, 3.05) is 14.2 Å². The number of hydrogen-bond acceptors (Lipinski definition) is 5. The molecule has 7 nitrogen and oxygen atoms in total. The summed E-state index contributed by atoms with van der Waals surface area (Å²) in [5.41, 5.74) is 8.67. The number of allylic oxidation sites excluding steroid dienone is 2. The molecule has 9 heteroatoms. The van der Waals surface area contributed by atoms with Crippen LogP contribution in [0.15, 0.2) is 84.3 Å². The van der Waals surface area contributed by atoms with E-state index in [1.165, 1.54) is 12.1 Å². The van der Waals surface area contributed by atoms with Crippen LogP contribution in [0.25, 0.3) is 11.1 Å². The number of rotatable bonds is 10. The minimum absolute atomic E-state index is 0.0410. The highest BCUT2D eigenvalue weighted by Crippen LogP contribution is 2.30. The van der Waals surface area contributed by atoms with Gasteiger partial charge in [-0.05, 0) is 59.5 Å². The van der Waals surface area contributed by atoms with Crippen LogP contribution in [-0.2, 0) is 20.7 Å². The maximum absolute atomic E-state index is 14.0. The Morgan fingerprint density at radius 1 is 1.08 bits per heavy atom. The molecule has 0 fully saturated rings. The molecule has 0 bridgehead atoms. The quantitative estimate of drug-likeness (QED) is 0.390. The lowest BCUT2D eigenvalue weighted by Gasteiger charge is -2.25. The van der Waals surface area contributed by atoms with Crippen LogP contribution in [0, 0.1) is 11.6 Å². The van der Waals surface area contributed by atoms with E-state index >= 15 is 0 Å². The standard InChI is InChI=1S/C30H29F2N3O4/c1-38-24-9-8-20(27(17-24)39-2)15-28(36)35-26(13-18-11-22(31)16-23(32)12-18)29-25(7-4-10-34-29)19-5-3-6-21(14-19)30(33)37/h3-12,14,16,26-27H,13,15,17H2,1-2H3,(H2,33,37)(H,35,36). The van der Waals surface area contributed by atoms with E-state index < -0.39 is 23.6 Å². The fourth-order valence-electron chi connectivity index (χ4n) is 4.64. The highest BCUT2D eigenvalue weighted by atomic mass is 19.1. The van der Waals surface area contributed by atoms with Crippen molar-refractivity contribution in [3.05, 3.63) is 113 Å². The number of nitrogens with one attached hydrogen (secondary N) is 1. The van der Waals surface area contributed by atoms with Crippen LogP contribution in [0.1, 0.15) is 40.5 Å². The van der Waals surface area contributed by atoms with Crippen molar-refractivity contribution >= 4 is 11.8 Å². The van der Waals surface area contributed by atoms with Gasteiger partial charge in [-0.3, -0.25) is 14.6 Å². The molecular formula is C30H29F2N3O4. The monoisotopic (exact) mass is 533 g/mol. The molecule has 202 valence electrons. The number of aromatic nitrogens is 1. The third-order valence-corrected chi connectivity index (χ3v) is 6.52. The second kappa shape index (κ2) is 12.4. The maximum Gasteiger partial charge on any atom is 0.248 e. The van der Waals surface area contributed by atoms with E-state index in [9.17, 15) is 18.4 Å². The second-order valence-corrected chi connectivity index (χ2v) is 9.17. The average Bonchev–Trinajstić information content (AvgIpc) is 2.92. The summed E-state index contributed by atoms with van der Waals surface area (Å²) in [6.07, 6.45) is 5.46. The molecule has 1 heterocycles. The van der Waals surface area contributed by atoms with E-state index in [1.54, 1.807) is 69.0 Å². The molecule has 0 saturated heterocycles. The summed E-state index contributed by atoms with van der Waals surface area (Å²) in [5.74, 6) is -1.60. The van der Waals surface area contributed by atoms with Crippen LogP contribution < -0.4 is 11.1 Å². The van der Waals surface area contributed by atoms with Gasteiger partial charge in [-0.1, -0.05) is 24.3 Å². The molecule has 1 aromatic heterocycles. The molecule has 0 spiro atoms. The number of nitrogens with two attached hydrogens (primary N) is 1. The number of ether oxygens (including phenoxy) is 2. The minimum Gasteiger partial charge on any atom is -0.501 e. The molecule has 2 aromatic carbocycles. The van der Waals surface area contributed by atoms with E-state index in [1.807, 2.05) is 0 Å². The molecule has 3 N–H and O–H groups in total. The van der Waals surface area contributed by atoms with Crippen molar-refractivity contribution in [1.82, 2.24) is 10.3 Å². The smallest absolute Gasteiger partial charge is 0.248 e. The zero-order valence-corrected chi connectivity index (χ0v) is 21.6. The van der Waals surface area contributed by atoms with Crippen LogP contribution in [0.2, 0.25) is 0 Å². The van der Waals surface area contributed by atoms with E-state index in [0.29, 0.717) is 34.4 Å². The van der Waals surface area contributed by atoms with Crippen molar-refractivity contribution < 1.29 is 27.8 Å². The van der Waals surface area contributed by atoms with Crippen LogP contribution >= 0.6 is 0 Å². The van der Waals surface area contributed by atoms with Crippen molar-refractivity contribution in [1.29, 1.82) is 0 Å². The van der Waals surface area contributed by atoms with Gasteiger partial charge in [0.2, 0.25) is 11.8 Å². The van der Waals surface area contributed by atoms with Crippen LogP contribution in [0.3, 0.4) is 0 Å². The summed E-state index contributed by atoms with van der Waals surface area (Å²) in [6, 6.07) is 12.8. The zero-order valence-electron chi connectivity index (χ0n) is 21.6. The molecule has 0 radical (unpaired) electrons. The Hall–Kier alpha value is -4.37. The lowest BCUT2D eigenvalue weighted by atomic mass is 9.93. The molecule has 2 unspecified atom stereocenters. The van der Waals surface area contributed by atoms with Gasteiger partial charge in [0, 0.05) is 36.9 Å². The van der Waals surface area contributed by atoms with Gasteiger partial charge in [0.05, 0.1) is 37.1 Å². The average molecular weight is 534 g/mol. The summed E-state index contributed by atoms with van der Waals surface area (Å²) >= 11 is 0. The van der Waals surface area contributed by atoms with Gasteiger partial charge < -0.3 is 20.5 Å². The number of methoxy groups -OCH3 is 2. The topological polar surface area (TPSA) is 104 Å². The van der Waals surface area contributed by atoms with E-state index in [2.05, 4.69) is 10.3 Å². The summed E-state index contributed by atoms with van der Waals surface area (Å²) in [6.45, 7) is 0. The molecule has 2 amide bonds. The lowest BCUT2D eigenvalue weighted by molar-refractivity contribution is -0.121. The third kappa shape index (κ3) is 6.94. The first-order chi connectivity index (χ1) is 18.8. The Morgan fingerprint density at radius 2 is 1.85 bits per heavy atom. The van der Waals surface area contributed by atoms with E-state index in [-0.39, 0.29) is 24.9 Å². The fraction of sp³-hybridized carbons (Fsp3) is 0.233. The van der Waals surface area contributed by atoms with Gasteiger partial charge >= 0.3 is 0 Å². The highest BCUT2D eigenvalue weighted by Gasteiger charge is 2.25. The summed E-state index contributed by atoms with van der Waals surface area (Å²) in [5, 5.41) is 3.00. The number of carbonyl (C=O) groups excluding carboxylic acids is 2. The maximum atomic E-state index is 14.0. The first kappa shape index (κ1) is 27.7. The zero-order chi connectivity index (χ0) is 27.9. The Labute approximate surface area is 225 Å². The number of carbonyl (C=O) groups is 2. The Kier molecular flexibility index (Phi) is 8.83. The normalized spacial score (nSPS) is 15.6. The lowest BCUT2D eigenvalue weighted by Crippen LogP contribution is -2.33. The van der Waals surface area contributed by atoms with Gasteiger partial charge in [-0.25, -0.2) is 8.78 Å². The van der Waals surface area contributed by atoms with Crippen LogP contribution in [0.4, 0.5) is 8.78 Å². The van der Waals surface area contributed by atoms with Crippen molar-refractivity contribution in [2.24, 2.45) is 5.73 Å².